The number of fused-ring (bicyclic) bond motifs is 2. The molecule has 0 bridgehead atoms. The maximum absolute atomic E-state index is 12.9. The first kappa shape index (κ1) is 26.2. The van der Waals surface area contributed by atoms with Crippen LogP contribution in [-0.4, -0.2) is 52.8 Å². The Morgan fingerprint density at radius 1 is 1.08 bits per heavy atom. The second kappa shape index (κ2) is 11.9. The maximum Gasteiger partial charge on any atom is 0.303 e. The first-order valence-corrected chi connectivity index (χ1v) is 12.9. The van der Waals surface area contributed by atoms with Crippen LogP contribution < -0.4 is 15.6 Å². The predicted octanol–water partition coefficient (Wildman–Crippen LogP) is 4.07. The molecular formula is C28H29N3O5S. The number of piperazine rings is 1. The van der Waals surface area contributed by atoms with Crippen LogP contribution in [0.1, 0.15) is 23.3 Å². The topological polar surface area (TPSA) is 120 Å². The third-order valence-electron chi connectivity index (χ3n) is 6.13. The second-order valence-electron chi connectivity index (χ2n) is 8.97. The number of anilines is 1. The fourth-order valence-electron chi connectivity index (χ4n) is 4.54. The van der Waals surface area contributed by atoms with E-state index in [1.807, 2.05) is 18.3 Å². The Labute approximate surface area is 218 Å². The van der Waals surface area contributed by atoms with E-state index in [0.29, 0.717) is 6.04 Å². The Morgan fingerprint density at radius 3 is 2.51 bits per heavy atom. The quantitative estimate of drug-likeness (QED) is 0.349. The van der Waals surface area contributed by atoms with Crippen LogP contribution in [0.5, 0.6) is 0 Å². The molecule has 0 amide bonds. The lowest BCUT2D eigenvalue weighted by Gasteiger charge is -2.35. The average Bonchev–Trinajstić information content (AvgIpc) is 3.21. The molecule has 0 saturated carbocycles. The minimum absolute atomic E-state index is 0.0818. The van der Waals surface area contributed by atoms with Gasteiger partial charge in [-0.3, -0.25) is 19.4 Å². The molecule has 1 fully saturated rings. The lowest BCUT2D eigenvalue weighted by atomic mass is 10.0. The van der Waals surface area contributed by atoms with E-state index in [2.05, 4.69) is 53.5 Å². The van der Waals surface area contributed by atoms with Gasteiger partial charge in [-0.2, -0.15) is 0 Å². The van der Waals surface area contributed by atoms with E-state index in [-0.39, 0.29) is 18.3 Å². The van der Waals surface area contributed by atoms with Crippen LogP contribution in [-0.2, 0) is 16.0 Å². The van der Waals surface area contributed by atoms with Crippen molar-refractivity contribution in [2.45, 2.75) is 32.2 Å². The summed E-state index contributed by atoms with van der Waals surface area (Å²) in [6.07, 6.45) is 2.22. The molecule has 0 spiro atoms. The lowest BCUT2D eigenvalue weighted by molar-refractivity contribution is -0.143. The number of hydrogen-bond donors (Lipinski definition) is 3. The maximum atomic E-state index is 12.9. The summed E-state index contributed by atoms with van der Waals surface area (Å²) >= 11 is 1.58. The summed E-state index contributed by atoms with van der Waals surface area (Å²) in [6, 6.07) is 18.8. The fraction of sp³-hybridized carbons (Fsp3) is 0.286. The van der Waals surface area contributed by atoms with Gasteiger partial charge in [0.15, 0.2) is 5.43 Å². The Bertz CT molecular complexity index is 1460. The lowest BCUT2D eigenvalue weighted by Crippen LogP contribution is -2.51. The smallest absolute Gasteiger partial charge is 0.303 e. The number of hydrogen-bond acceptors (Lipinski definition) is 7. The van der Waals surface area contributed by atoms with Crippen LogP contribution in [0.3, 0.4) is 0 Å². The van der Waals surface area contributed by atoms with E-state index < -0.39 is 11.9 Å². The van der Waals surface area contributed by atoms with E-state index >= 15 is 0 Å². The molecule has 2 aromatic heterocycles. The van der Waals surface area contributed by atoms with Crippen molar-refractivity contribution in [1.82, 2.24) is 10.3 Å². The largest absolute Gasteiger partial charge is 0.481 e. The van der Waals surface area contributed by atoms with E-state index in [0.717, 1.165) is 57.6 Å². The highest BCUT2D eigenvalue weighted by Gasteiger charge is 2.24. The van der Waals surface area contributed by atoms with Gasteiger partial charge >= 0.3 is 11.9 Å². The molecule has 2 aromatic carbocycles. The SMILES string of the molecule is Cc1cc2c(N3CCNC(Cc4ccccc4)C3)c3ncccc3cc(=O)c2s1.O=C(O)CCC(=O)O. The third kappa shape index (κ3) is 6.69. The van der Waals surface area contributed by atoms with Gasteiger partial charge in [0.1, 0.15) is 0 Å². The Balaban J connectivity index is 0.000000349. The van der Waals surface area contributed by atoms with Gasteiger partial charge in [0, 0.05) is 47.5 Å². The zero-order valence-corrected chi connectivity index (χ0v) is 21.3. The molecule has 192 valence electrons. The predicted molar refractivity (Wildman–Crippen MR) is 147 cm³/mol. The van der Waals surface area contributed by atoms with Crippen molar-refractivity contribution in [3.05, 3.63) is 81.5 Å². The Kier molecular flexibility index (Phi) is 8.47. The molecule has 37 heavy (non-hydrogen) atoms. The number of aromatic nitrogens is 1. The highest BCUT2D eigenvalue weighted by atomic mass is 32.1. The molecule has 8 nitrogen and oxygen atoms in total. The van der Waals surface area contributed by atoms with Gasteiger partial charge in [0.05, 0.1) is 28.7 Å². The van der Waals surface area contributed by atoms with Gasteiger partial charge in [0.2, 0.25) is 0 Å². The number of carboxylic acid groups (broad SMARTS) is 2. The molecular weight excluding hydrogens is 490 g/mol. The summed E-state index contributed by atoms with van der Waals surface area (Å²) in [5.41, 5.74) is 3.43. The summed E-state index contributed by atoms with van der Waals surface area (Å²) in [4.78, 5) is 40.5. The Hall–Kier alpha value is -3.82. The average molecular weight is 520 g/mol. The van der Waals surface area contributed by atoms with E-state index in [1.165, 1.54) is 5.56 Å². The van der Waals surface area contributed by atoms with Crippen LogP contribution >= 0.6 is 11.3 Å². The van der Waals surface area contributed by atoms with Crippen molar-refractivity contribution in [2.75, 3.05) is 24.5 Å². The normalized spacial score (nSPS) is 15.3. The highest BCUT2D eigenvalue weighted by Crippen LogP contribution is 2.35. The summed E-state index contributed by atoms with van der Waals surface area (Å²) in [6.45, 7) is 4.78. The molecule has 1 unspecified atom stereocenters. The first-order valence-electron chi connectivity index (χ1n) is 12.1. The number of nitrogens with one attached hydrogen (secondary N) is 1. The van der Waals surface area contributed by atoms with Crippen molar-refractivity contribution in [3.63, 3.8) is 0 Å². The number of carbonyl (C=O) groups is 2. The van der Waals surface area contributed by atoms with Gasteiger partial charge in [-0.15, -0.1) is 11.3 Å². The van der Waals surface area contributed by atoms with Crippen LogP contribution in [0, 0.1) is 6.92 Å². The van der Waals surface area contributed by atoms with Crippen LogP contribution in [0.4, 0.5) is 5.69 Å². The van der Waals surface area contributed by atoms with Crippen molar-refractivity contribution in [2.24, 2.45) is 0 Å². The van der Waals surface area contributed by atoms with Gasteiger partial charge in [-0.05, 0) is 37.1 Å². The number of aryl methyl sites for hydroxylation is 1. The van der Waals surface area contributed by atoms with Crippen LogP contribution in [0.2, 0.25) is 0 Å². The minimum atomic E-state index is -1.08. The zero-order chi connectivity index (χ0) is 26.4. The summed E-state index contributed by atoms with van der Waals surface area (Å²) in [5, 5.41) is 21.4. The summed E-state index contributed by atoms with van der Waals surface area (Å²) in [7, 11) is 0. The van der Waals surface area contributed by atoms with Crippen molar-refractivity contribution < 1.29 is 19.8 Å². The van der Waals surface area contributed by atoms with Crippen molar-refractivity contribution in [3.8, 4) is 0 Å². The second-order valence-corrected chi connectivity index (χ2v) is 10.2. The number of thiophene rings is 1. The zero-order valence-electron chi connectivity index (χ0n) is 20.5. The molecule has 1 aliphatic heterocycles. The highest BCUT2D eigenvalue weighted by molar-refractivity contribution is 7.19. The van der Waals surface area contributed by atoms with Gasteiger partial charge in [-0.25, -0.2) is 0 Å². The van der Waals surface area contributed by atoms with E-state index in [1.54, 1.807) is 17.4 Å². The standard InChI is InChI=1S/C24H23N3OS.C4H6O4/c1-16-12-20-23(22-18(8-5-9-26-22)14-21(28)24(20)29-16)27-11-10-25-19(15-27)13-17-6-3-2-4-7-17;5-3(6)1-2-4(7)8/h2-9,12,14,19,25H,10-11,13,15H2,1H3;1-2H2,(H,5,6)(H,7,8). The van der Waals surface area contributed by atoms with Gasteiger partial charge in [-0.1, -0.05) is 36.4 Å². The molecule has 9 heteroatoms. The number of nitrogens with zero attached hydrogens (tertiary/aromatic N) is 2. The molecule has 3 heterocycles. The molecule has 1 aliphatic rings. The van der Waals surface area contributed by atoms with Crippen LogP contribution in [0.15, 0.2) is 65.6 Å². The molecule has 4 aromatic rings. The number of aliphatic carboxylic acids is 2. The minimum Gasteiger partial charge on any atom is -0.481 e. The monoisotopic (exact) mass is 519 g/mol. The number of rotatable bonds is 6. The van der Waals surface area contributed by atoms with Crippen LogP contribution in [0.25, 0.3) is 21.0 Å². The molecule has 3 N–H and O–H groups in total. The molecule has 0 aliphatic carbocycles. The van der Waals surface area contributed by atoms with E-state index in [9.17, 15) is 14.4 Å². The molecule has 1 atom stereocenters. The molecule has 5 rings (SSSR count). The Morgan fingerprint density at radius 2 is 1.81 bits per heavy atom. The van der Waals surface area contributed by atoms with Gasteiger partial charge in [0.25, 0.3) is 0 Å². The molecule has 0 radical (unpaired) electrons. The molecule has 1 saturated heterocycles. The fourth-order valence-corrected chi connectivity index (χ4v) is 5.46. The number of benzene rings is 1. The summed E-state index contributed by atoms with van der Waals surface area (Å²) < 4.78 is 0.827. The van der Waals surface area contributed by atoms with Gasteiger partial charge < -0.3 is 20.4 Å². The number of carboxylic acids is 2. The number of pyridine rings is 1. The van der Waals surface area contributed by atoms with E-state index in [4.69, 9.17) is 15.2 Å². The van der Waals surface area contributed by atoms with Crippen molar-refractivity contribution in [1.29, 1.82) is 0 Å². The van der Waals surface area contributed by atoms with Crippen molar-refractivity contribution >= 4 is 50.0 Å². The third-order valence-corrected chi connectivity index (χ3v) is 7.20. The first-order chi connectivity index (χ1) is 17.8. The summed E-state index contributed by atoms with van der Waals surface area (Å²) in [5.74, 6) is -2.15.